The van der Waals surface area contributed by atoms with Crippen molar-refractivity contribution in [2.45, 2.75) is 32.1 Å². The molecule has 2 unspecified atom stereocenters. The molecule has 2 rings (SSSR count). The average Bonchev–Trinajstić information content (AvgIpc) is 2.77. The van der Waals surface area contributed by atoms with E-state index < -0.39 is 0 Å². The number of halogens is 1. The van der Waals surface area contributed by atoms with Crippen LogP contribution in [0.5, 0.6) is 0 Å². The Hall–Kier alpha value is -0.380. The molecule has 4 heteroatoms. The number of likely N-dealkylation sites (tertiary alicyclic amines) is 1. The van der Waals surface area contributed by atoms with Gasteiger partial charge in [0.25, 0.3) is 0 Å². The minimum Gasteiger partial charge on any atom is -0.282 e. The van der Waals surface area contributed by atoms with Gasteiger partial charge in [0, 0.05) is 11.9 Å². The van der Waals surface area contributed by atoms with Gasteiger partial charge in [-0.25, -0.2) is 0 Å². The number of amides is 2. The predicted molar refractivity (Wildman–Crippen MR) is 60.6 cm³/mol. The highest BCUT2D eigenvalue weighted by molar-refractivity contribution is 9.09. The second-order valence-electron chi connectivity index (χ2n) is 4.37. The van der Waals surface area contributed by atoms with Gasteiger partial charge in [0.2, 0.25) is 11.8 Å². The molecule has 1 aliphatic carbocycles. The number of carbonyl (C=O) groups is 2. The first-order chi connectivity index (χ1) is 7.25. The maximum atomic E-state index is 11.9. The summed E-state index contributed by atoms with van der Waals surface area (Å²) in [4.78, 5) is 25.3. The zero-order chi connectivity index (χ0) is 10.8. The molecule has 0 aromatic heterocycles. The first kappa shape index (κ1) is 11.1. The lowest BCUT2D eigenvalue weighted by Crippen LogP contribution is -2.32. The molecule has 0 aromatic carbocycles. The molecule has 84 valence electrons. The third-order valence-corrected chi connectivity index (χ3v) is 4.01. The first-order valence-corrected chi connectivity index (χ1v) is 6.79. The number of nitrogens with zero attached hydrogens (tertiary/aromatic N) is 1. The number of alkyl halides is 1. The van der Waals surface area contributed by atoms with Gasteiger partial charge in [-0.1, -0.05) is 22.4 Å². The van der Waals surface area contributed by atoms with Crippen molar-refractivity contribution in [1.29, 1.82) is 0 Å². The fourth-order valence-electron chi connectivity index (χ4n) is 2.64. The van der Waals surface area contributed by atoms with Gasteiger partial charge >= 0.3 is 0 Å². The third-order valence-electron chi connectivity index (χ3n) is 3.45. The standard InChI is InChI=1S/C11H16BrNO2/c12-6-1-2-7-13-10(14)8-4-3-5-9(8)11(13)15/h8-9H,1-7H2. The Morgan fingerprint density at radius 1 is 1.13 bits per heavy atom. The van der Waals surface area contributed by atoms with Gasteiger partial charge in [0.15, 0.2) is 0 Å². The molecule has 0 spiro atoms. The summed E-state index contributed by atoms with van der Waals surface area (Å²) in [7, 11) is 0. The summed E-state index contributed by atoms with van der Waals surface area (Å²) in [6.45, 7) is 0.621. The fraction of sp³-hybridized carbons (Fsp3) is 0.818. The monoisotopic (exact) mass is 273 g/mol. The quantitative estimate of drug-likeness (QED) is 0.446. The highest BCUT2D eigenvalue weighted by Crippen LogP contribution is 2.39. The molecule has 2 atom stereocenters. The molecule has 3 nitrogen and oxygen atoms in total. The number of unbranched alkanes of at least 4 members (excludes halogenated alkanes) is 1. The van der Waals surface area contributed by atoms with Gasteiger partial charge < -0.3 is 0 Å². The lowest BCUT2D eigenvalue weighted by atomic mass is 10.00. The van der Waals surface area contributed by atoms with Crippen molar-refractivity contribution in [3.8, 4) is 0 Å². The zero-order valence-electron chi connectivity index (χ0n) is 8.75. The molecule has 0 N–H and O–H groups in total. The van der Waals surface area contributed by atoms with Crippen molar-refractivity contribution < 1.29 is 9.59 Å². The van der Waals surface area contributed by atoms with Gasteiger partial charge in [0.05, 0.1) is 11.8 Å². The average molecular weight is 274 g/mol. The molecule has 1 saturated heterocycles. The number of rotatable bonds is 4. The zero-order valence-corrected chi connectivity index (χ0v) is 10.3. The van der Waals surface area contributed by atoms with Crippen molar-refractivity contribution in [2.75, 3.05) is 11.9 Å². The van der Waals surface area contributed by atoms with E-state index in [0.29, 0.717) is 6.54 Å². The van der Waals surface area contributed by atoms with Crippen LogP contribution in [-0.4, -0.2) is 28.6 Å². The predicted octanol–water partition coefficient (Wildman–Crippen LogP) is 1.95. The number of hydrogen-bond donors (Lipinski definition) is 0. The molecular formula is C11H16BrNO2. The van der Waals surface area contributed by atoms with Crippen molar-refractivity contribution in [1.82, 2.24) is 4.90 Å². The van der Waals surface area contributed by atoms with E-state index >= 15 is 0 Å². The number of fused-ring (bicyclic) bond motifs is 1. The molecule has 0 radical (unpaired) electrons. The molecule has 2 fully saturated rings. The van der Waals surface area contributed by atoms with E-state index in [9.17, 15) is 9.59 Å². The maximum absolute atomic E-state index is 11.9. The van der Waals surface area contributed by atoms with Gasteiger partial charge in [0.1, 0.15) is 0 Å². The highest BCUT2D eigenvalue weighted by Gasteiger charge is 2.49. The van der Waals surface area contributed by atoms with Crippen LogP contribution in [0.1, 0.15) is 32.1 Å². The molecule has 1 heterocycles. The van der Waals surface area contributed by atoms with E-state index in [1.807, 2.05) is 0 Å². The van der Waals surface area contributed by atoms with E-state index in [0.717, 1.165) is 37.4 Å². The fourth-order valence-corrected chi connectivity index (χ4v) is 3.04. The molecule has 2 amide bonds. The van der Waals surface area contributed by atoms with E-state index in [2.05, 4.69) is 15.9 Å². The Labute approximate surface area is 98.3 Å². The molecular weight excluding hydrogens is 258 g/mol. The van der Waals surface area contributed by atoms with Crippen LogP contribution in [-0.2, 0) is 9.59 Å². The smallest absolute Gasteiger partial charge is 0.233 e. The normalized spacial score (nSPS) is 30.1. The number of imide groups is 1. The summed E-state index contributed by atoms with van der Waals surface area (Å²) in [6.07, 6.45) is 4.82. The van der Waals surface area contributed by atoms with Gasteiger partial charge in [-0.3, -0.25) is 14.5 Å². The first-order valence-electron chi connectivity index (χ1n) is 5.67. The summed E-state index contributed by atoms with van der Waals surface area (Å²) in [5.74, 6) is 0.247. The van der Waals surface area contributed by atoms with Crippen LogP contribution in [0.15, 0.2) is 0 Å². The molecule has 2 aliphatic rings. The Bertz CT molecular complexity index is 258. The van der Waals surface area contributed by atoms with E-state index in [1.165, 1.54) is 4.90 Å². The van der Waals surface area contributed by atoms with Gasteiger partial charge in [-0.2, -0.15) is 0 Å². The van der Waals surface area contributed by atoms with Crippen LogP contribution < -0.4 is 0 Å². The minimum absolute atomic E-state index is 0.0291. The lowest BCUT2D eigenvalue weighted by Gasteiger charge is -2.14. The Kier molecular flexibility index (Phi) is 3.44. The third kappa shape index (κ3) is 1.96. The minimum atomic E-state index is 0.0291. The largest absolute Gasteiger partial charge is 0.282 e. The molecule has 15 heavy (non-hydrogen) atoms. The summed E-state index contributed by atoms with van der Waals surface area (Å²) in [5.41, 5.74) is 0. The Balaban J connectivity index is 1.95. The maximum Gasteiger partial charge on any atom is 0.233 e. The molecule has 0 bridgehead atoms. The van der Waals surface area contributed by atoms with Crippen LogP contribution in [0.3, 0.4) is 0 Å². The second-order valence-corrected chi connectivity index (χ2v) is 5.16. The summed E-state index contributed by atoms with van der Waals surface area (Å²) < 4.78 is 0. The Morgan fingerprint density at radius 2 is 1.73 bits per heavy atom. The van der Waals surface area contributed by atoms with Crippen LogP contribution in [0.25, 0.3) is 0 Å². The lowest BCUT2D eigenvalue weighted by molar-refractivity contribution is -0.140. The van der Waals surface area contributed by atoms with E-state index in [1.54, 1.807) is 0 Å². The highest BCUT2D eigenvalue weighted by atomic mass is 79.9. The Morgan fingerprint density at radius 3 is 2.27 bits per heavy atom. The van der Waals surface area contributed by atoms with Crippen LogP contribution in [0, 0.1) is 11.8 Å². The van der Waals surface area contributed by atoms with E-state index in [4.69, 9.17) is 0 Å². The topological polar surface area (TPSA) is 37.4 Å². The number of carbonyl (C=O) groups excluding carboxylic acids is 2. The summed E-state index contributed by atoms with van der Waals surface area (Å²) in [5, 5.41) is 0.941. The van der Waals surface area contributed by atoms with Crippen LogP contribution >= 0.6 is 15.9 Å². The summed E-state index contributed by atoms with van der Waals surface area (Å²) >= 11 is 3.35. The van der Waals surface area contributed by atoms with Gasteiger partial charge in [-0.05, 0) is 25.7 Å². The van der Waals surface area contributed by atoms with E-state index in [-0.39, 0.29) is 23.7 Å². The van der Waals surface area contributed by atoms with Crippen LogP contribution in [0.2, 0.25) is 0 Å². The molecule has 0 aromatic rings. The molecule has 1 aliphatic heterocycles. The SMILES string of the molecule is O=C1C2CCCC2C(=O)N1CCCCBr. The van der Waals surface area contributed by atoms with Gasteiger partial charge in [-0.15, -0.1) is 0 Å². The van der Waals surface area contributed by atoms with Crippen LogP contribution in [0.4, 0.5) is 0 Å². The molecule has 1 saturated carbocycles. The van der Waals surface area contributed by atoms with Crippen molar-refractivity contribution in [3.63, 3.8) is 0 Å². The number of hydrogen-bond acceptors (Lipinski definition) is 2. The summed E-state index contributed by atoms with van der Waals surface area (Å²) in [6, 6.07) is 0. The second kappa shape index (κ2) is 4.64. The van der Waals surface area contributed by atoms with Crippen molar-refractivity contribution in [2.24, 2.45) is 11.8 Å². The van der Waals surface area contributed by atoms with Crippen molar-refractivity contribution in [3.05, 3.63) is 0 Å². The van der Waals surface area contributed by atoms with Crippen molar-refractivity contribution >= 4 is 27.7 Å².